The maximum Gasteiger partial charge on any atom is 0.259 e. The molecule has 138 valence electrons. The minimum absolute atomic E-state index is 0.126. The molecule has 5 heteroatoms. The van der Waals surface area contributed by atoms with E-state index in [1.807, 2.05) is 54.6 Å². The number of para-hydroxylation sites is 2. The summed E-state index contributed by atoms with van der Waals surface area (Å²) >= 11 is 0. The van der Waals surface area contributed by atoms with E-state index in [9.17, 15) is 4.79 Å². The van der Waals surface area contributed by atoms with Gasteiger partial charge in [0.2, 0.25) is 0 Å². The van der Waals surface area contributed by atoms with Crippen molar-refractivity contribution in [1.29, 1.82) is 0 Å². The fourth-order valence-electron chi connectivity index (χ4n) is 2.57. The van der Waals surface area contributed by atoms with Gasteiger partial charge in [-0.2, -0.15) is 5.10 Å². The number of nitrogens with zero attached hydrogens (tertiary/aromatic N) is 1. The maximum absolute atomic E-state index is 12.2. The van der Waals surface area contributed by atoms with Crippen molar-refractivity contribution in [1.82, 2.24) is 5.43 Å². The van der Waals surface area contributed by atoms with Crippen LogP contribution in [-0.4, -0.2) is 25.3 Å². The Balaban J connectivity index is 1.95. The first-order chi connectivity index (χ1) is 12.7. The lowest BCUT2D eigenvalue weighted by Crippen LogP contribution is -2.27. The van der Waals surface area contributed by atoms with Crippen LogP contribution in [0.25, 0.3) is 0 Å². The van der Waals surface area contributed by atoms with E-state index in [0.717, 1.165) is 42.6 Å². The molecule has 5 nitrogen and oxygen atoms in total. The van der Waals surface area contributed by atoms with E-state index in [2.05, 4.69) is 22.8 Å². The molecule has 0 aliphatic carbocycles. The summed E-state index contributed by atoms with van der Waals surface area (Å²) in [5.74, 6) is 0.508. The van der Waals surface area contributed by atoms with E-state index in [0.29, 0.717) is 5.75 Å². The van der Waals surface area contributed by atoms with Gasteiger partial charge in [-0.1, -0.05) is 62.2 Å². The molecule has 0 saturated carbocycles. The Morgan fingerprint density at radius 1 is 1.04 bits per heavy atom. The molecule has 0 radical (unpaired) electrons. The summed E-state index contributed by atoms with van der Waals surface area (Å²) in [5.41, 5.74) is 5.39. The topological polar surface area (TPSA) is 62.7 Å². The average Bonchev–Trinajstić information content (AvgIpc) is 2.69. The van der Waals surface area contributed by atoms with Gasteiger partial charge < -0.3 is 10.1 Å². The molecule has 2 aromatic carbocycles. The summed E-state index contributed by atoms with van der Waals surface area (Å²) in [6.45, 7) is 2.30. The molecule has 26 heavy (non-hydrogen) atoms. The quantitative estimate of drug-likeness (QED) is 0.382. The van der Waals surface area contributed by atoms with Crippen LogP contribution in [0.2, 0.25) is 0 Å². The summed E-state index contributed by atoms with van der Waals surface area (Å²) in [5, 5.41) is 7.44. The summed E-state index contributed by atoms with van der Waals surface area (Å²) in [4.78, 5) is 12.2. The third-order valence-corrected chi connectivity index (χ3v) is 3.99. The van der Waals surface area contributed by atoms with E-state index >= 15 is 0 Å². The molecule has 0 aliphatic heterocycles. The lowest BCUT2D eigenvalue weighted by atomic mass is 10.0. The molecular weight excluding hydrogens is 326 g/mol. The van der Waals surface area contributed by atoms with Gasteiger partial charge in [0.05, 0.1) is 25.1 Å². The third-order valence-electron chi connectivity index (χ3n) is 3.99. The number of anilines is 1. The van der Waals surface area contributed by atoms with Crippen molar-refractivity contribution in [3.63, 3.8) is 0 Å². The summed E-state index contributed by atoms with van der Waals surface area (Å²) in [6.07, 6.45) is 4.20. The van der Waals surface area contributed by atoms with Crippen LogP contribution in [0.1, 0.15) is 38.2 Å². The first-order valence-corrected chi connectivity index (χ1v) is 9.02. The van der Waals surface area contributed by atoms with Crippen LogP contribution in [-0.2, 0) is 4.79 Å². The Hall–Kier alpha value is -2.82. The number of ether oxygens (including phenoxy) is 1. The second-order valence-electron chi connectivity index (χ2n) is 5.97. The number of unbranched alkanes of at least 4 members (excludes halogenated alkanes) is 2. The highest BCUT2D eigenvalue weighted by Gasteiger charge is 2.07. The number of carbonyl (C=O) groups excluding carboxylic acids is 1. The molecule has 0 bridgehead atoms. The summed E-state index contributed by atoms with van der Waals surface area (Å²) < 4.78 is 5.27. The van der Waals surface area contributed by atoms with Crippen molar-refractivity contribution in [2.45, 2.75) is 32.6 Å². The second kappa shape index (κ2) is 10.9. The van der Waals surface area contributed by atoms with E-state index in [-0.39, 0.29) is 12.5 Å². The van der Waals surface area contributed by atoms with Crippen LogP contribution < -0.4 is 15.5 Å². The number of carbonyl (C=O) groups is 1. The number of nitrogens with one attached hydrogen (secondary N) is 2. The SMILES string of the molecule is CCCCC/C(=N/NC(=O)CNc1ccccc1OC)c1ccccc1. The van der Waals surface area contributed by atoms with Gasteiger partial charge in [-0.3, -0.25) is 4.79 Å². The van der Waals surface area contributed by atoms with Gasteiger partial charge in [-0.15, -0.1) is 0 Å². The van der Waals surface area contributed by atoms with Crippen molar-refractivity contribution in [3.05, 3.63) is 60.2 Å². The van der Waals surface area contributed by atoms with Crippen molar-refractivity contribution in [2.24, 2.45) is 5.10 Å². The molecule has 2 rings (SSSR count). The maximum atomic E-state index is 12.2. The smallest absolute Gasteiger partial charge is 0.259 e. The number of amides is 1. The fourth-order valence-corrected chi connectivity index (χ4v) is 2.57. The lowest BCUT2D eigenvalue weighted by Gasteiger charge is -2.11. The van der Waals surface area contributed by atoms with Crippen LogP contribution in [0.15, 0.2) is 59.7 Å². The highest BCUT2D eigenvalue weighted by Crippen LogP contribution is 2.22. The van der Waals surface area contributed by atoms with E-state index < -0.39 is 0 Å². The molecule has 0 spiro atoms. The highest BCUT2D eigenvalue weighted by molar-refractivity contribution is 6.01. The molecule has 0 heterocycles. The number of hydrazone groups is 1. The van der Waals surface area contributed by atoms with Crippen LogP contribution >= 0.6 is 0 Å². The zero-order chi connectivity index (χ0) is 18.6. The summed E-state index contributed by atoms with van der Waals surface area (Å²) in [6, 6.07) is 17.5. The molecule has 2 aromatic rings. The van der Waals surface area contributed by atoms with Gasteiger partial charge in [0.1, 0.15) is 5.75 Å². The van der Waals surface area contributed by atoms with Gasteiger partial charge in [-0.25, -0.2) is 5.43 Å². The Morgan fingerprint density at radius 2 is 1.77 bits per heavy atom. The zero-order valence-corrected chi connectivity index (χ0v) is 15.5. The molecule has 0 aromatic heterocycles. The predicted octanol–water partition coefficient (Wildman–Crippen LogP) is 4.21. The molecule has 0 unspecified atom stereocenters. The molecular formula is C21H27N3O2. The van der Waals surface area contributed by atoms with Crippen molar-refractivity contribution < 1.29 is 9.53 Å². The predicted molar refractivity (Wildman–Crippen MR) is 107 cm³/mol. The van der Waals surface area contributed by atoms with Crippen LogP contribution in [0.5, 0.6) is 5.75 Å². The first-order valence-electron chi connectivity index (χ1n) is 9.02. The Labute approximate surface area is 155 Å². The minimum Gasteiger partial charge on any atom is -0.495 e. The molecule has 0 saturated heterocycles. The van der Waals surface area contributed by atoms with Crippen molar-refractivity contribution in [2.75, 3.05) is 19.0 Å². The Morgan fingerprint density at radius 3 is 2.50 bits per heavy atom. The second-order valence-corrected chi connectivity index (χ2v) is 5.97. The van der Waals surface area contributed by atoms with Crippen LogP contribution in [0.3, 0.4) is 0 Å². The number of hydrogen-bond donors (Lipinski definition) is 2. The first kappa shape index (κ1) is 19.5. The zero-order valence-electron chi connectivity index (χ0n) is 15.5. The van der Waals surface area contributed by atoms with Crippen molar-refractivity contribution >= 4 is 17.3 Å². The van der Waals surface area contributed by atoms with E-state index in [4.69, 9.17) is 4.74 Å². The standard InChI is InChI=1S/C21H27N3O2/c1-3-4-6-13-18(17-11-7-5-8-12-17)23-24-21(25)16-22-19-14-9-10-15-20(19)26-2/h5,7-12,14-15,22H,3-4,6,13,16H2,1-2H3,(H,24,25)/b23-18-. The number of methoxy groups -OCH3 is 1. The van der Waals surface area contributed by atoms with Gasteiger partial charge in [0.15, 0.2) is 0 Å². The van der Waals surface area contributed by atoms with Gasteiger partial charge in [0, 0.05) is 0 Å². The largest absolute Gasteiger partial charge is 0.495 e. The molecule has 2 N–H and O–H groups in total. The average molecular weight is 353 g/mol. The normalized spacial score (nSPS) is 11.1. The molecule has 0 atom stereocenters. The van der Waals surface area contributed by atoms with Gasteiger partial charge in [0.25, 0.3) is 5.91 Å². The fraction of sp³-hybridized carbons (Fsp3) is 0.333. The molecule has 0 fully saturated rings. The van der Waals surface area contributed by atoms with E-state index in [1.54, 1.807) is 7.11 Å². The number of rotatable bonds is 10. The molecule has 0 aliphatic rings. The number of hydrogen-bond acceptors (Lipinski definition) is 4. The van der Waals surface area contributed by atoms with E-state index in [1.165, 1.54) is 0 Å². The lowest BCUT2D eigenvalue weighted by molar-refractivity contribution is -0.119. The van der Waals surface area contributed by atoms with Crippen LogP contribution in [0.4, 0.5) is 5.69 Å². The van der Waals surface area contributed by atoms with Crippen LogP contribution in [0, 0.1) is 0 Å². The Kier molecular flexibility index (Phi) is 8.19. The summed E-state index contributed by atoms with van der Waals surface area (Å²) in [7, 11) is 1.60. The van der Waals surface area contributed by atoms with Crippen molar-refractivity contribution in [3.8, 4) is 5.75 Å². The monoisotopic (exact) mass is 353 g/mol. The highest BCUT2D eigenvalue weighted by atomic mass is 16.5. The van der Waals surface area contributed by atoms with Gasteiger partial charge >= 0.3 is 0 Å². The minimum atomic E-state index is -0.195. The van der Waals surface area contributed by atoms with Gasteiger partial charge in [-0.05, 0) is 30.5 Å². The third kappa shape index (κ3) is 6.24. The molecule has 1 amide bonds. The number of benzene rings is 2. The Bertz CT molecular complexity index is 714.